The standard InChI is InChI=1S/C19H36N4O2/c1-17(24)21(3)9-5-4-6-19(25)23-14-12-22(13-15-23)16-18-7-10-20(2)11-8-18/h18H,4-16H2,1-3H3. The monoisotopic (exact) mass is 352 g/mol. The maximum absolute atomic E-state index is 12.3. The van der Waals surface area contributed by atoms with Crippen LogP contribution >= 0.6 is 0 Å². The highest BCUT2D eigenvalue weighted by Crippen LogP contribution is 2.18. The van der Waals surface area contributed by atoms with Gasteiger partial charge in [0.15, 0.2) is 0 Å². The molecule has 0 aromatic heterocycles. The molecular weight excluding hydrogens is 316 g/mol. The average molecular weight is 353 g/mol. The van der Waals surface area contributed by atoms with E-state index in [0.29, 0.717) is 6.42 Å². The first-order chi connectivity index (χ1) is 12.0. The number of piperidine rings is 1. The minimum absolute atomic E-state index is 0.0899. The van der Waals surface area contributed by atoms with Gasteiger partial charge in [-0.2, -0.15) is 0 Å². The fraction of sp³-hybridized carbons (Fsp3) is 0.895. The van der Waals surface area contributed by atoms with Gasteiger partial charge in [-0.15, -0.1) is 0 Å². The summed E-state index contributed by atoms with van der Waals surface area (Å²) in [7, 11) is 4.02. The van der Waals surface area contributed by atoms with Gasteiger partial charge in [0, 0.05) is 59.7 Å². The summed E-state index contributed by atoms with van der Waals surface area (Å²) in [6.07, 6.45) is 5.00. The summed E-state index contributed by atoms with van der Waals surface area (Å²) in [6.45, 7) is 9.76. The summed E-state index contributed by atoms with van der Waals surface area (Å²) in [6, 6.07) is 0. The van der Waals surface area contributed by atoms with Gasteiger partial charge in [0.1, 0.15) is 0 Å². The molecule has 0 N–H and O–H groups in total. The summed E-state index contributed by atoms with van der Waals surface area (Å²) in [4.78, 5) is 32.2. The number of amides is 2. The number of carbonyl (C=O) groups is 2. The Hall–Kier alpha value is -1.14. The molecule has 144 valence electrons. The van der Waals surface area contributed by atoms with Crippen LogP contribution in [-0.4, -0.2) is 97.9 Å². The highest BCUT2D eigenvalue weighted by molar-refractivity contribution is 5.76. The van der Waals surface area contributed by atoms with Crippen molar-refractivity contribution in [2.45, 2.75) is 39.0 Å². The van der Waals surface area contributed by atoms with Crippen molar-refractivity contribution in [3.8, 4) is 0 Å². The van der Waals surface area contributed by atoms with E-state index in [2.05, 4.69) is 16.8 Å². The molecule has 25 heavy (non-hydrogen) atoms. The first-order valence-corrected chi connectivity index (χ1v) is 9.86. The zero-order valence-corrected chi connectivity index (χ0v) is 16.4. The Morgan fingerprint density at radius 1 is 1.00 bits per heavy atom. The van der Waals surface area contributed by atoms with Crippen molar-refractivity contribution >= 4 is 11.8 Å². The second kappa shape index (κ2) is 10.1. The van der Waals surface area contributed by atoms with Gasteiger partial charge < -0.3 is 14.7 Å². The molecule has 0 radical (unpaired) electrons. The lowest BCUT2D eigenvalue weighted by molar-refractivity contribution is -0.133. The van der Waals surface area contributed by atoms with Crippen LogP contribution in [0, 0.1) is 5.92 Å². The molecule has 0 atom stereocenters. The fourth-order valence-electron chi connectivity index (χ4n) is 3.73. The summed E-state index contributed by atoms with van der Waals surface area (Å²) in [5.41, 5.74) is 0. The van der Waals surface area contributed by atoms with Gasteiger partial charge in [0.25, 0.3) is 0 Å². The molecule has 6 nitrogen and oxygen atoms in total. The molecule has 0 aromatic rings. The van der Waals surface area contributed by atoms with Crippen LogP contribution in [0.3, 0.4) is 0 Å². The van der Waals surface area contributed by atoms with Gasteiger partial charge in [0.2, 0.25) is 11.8 Å². The lowest BCUT2D eigenvalue weighted by atomic mass is 9.96. The number of nitrogens with zero attached hydrogens (tertiary/aromatic N) is 4. The number of hydrogen-bond acceptors (Lipinski definition) is 4. The van der Waals surface area contributed by atoms with E-state index in [4.69, 9.17) is 0 Å². The Balaban J connectivity index is 1.58. The molecule has 2 heterocycles. The summed E-state index contributed by atoms with van der Waals surface area (Å²) < 4.78 is 0. The Morgan fingerprint density at radius 2 is 1.64 bits per heavy atom. The highest BCUT2D eigenvalue weighted by Gasteiger charge is 2.24. The fourth-order valence-corrected chi connectivity index (χ4v) is 3.73. The van der Waals surface area contributed by atoms with Crippen molar-refractivity contribution in [2.24, 2.45) is 5.92 Å². The molecule has 2 fully saturated rings. The number of likely N-dealkylation sites (tertiary alicyclic amines) is 1. The van der Waals surface area contributed by atoms with E-state index < -0.39 is 0 Å². The van der Waals surface area contributed by atoms with E-state index in [1.807, 2.05) is 11.9 Å². The molecule has 0 aromatic carbocycles. The normalized spacial score (nSPS) is 20.7. The molecule has 0 spiro atoms. The topological polar surface area (TPSA) is 47.1 Å². The predicted octanol–water partition coefficient (Wildman–Crippen LogP) is 1.12. The largest absolute Gasteiger partial charge is 0.346 e. The first-order valence-electron chi connectivity index (χ1n) is 9.86. The second-order valence-corrected chi connectivity index (χ2v) is 7.83. The predicted molar refractivity (Wildman–Crippen MR) is 100 cm³/mol. The summed E-state index contributed by atoms with van der Waals surface area (Å²) >= 11 is 0. The van der Waals surface area contributed by atoms with E-state index in [0.717, 1.165) is 51.5 Å². The molecule has 2 saturated heterocycles. The molecule has 2 aliphatic rings. The minimum atomic E-state index is 0.0899. The van der Waals surface area contributed by atoms with E-state index in [1.54, 1.807) is 11.8 Å². The molecule has 6 heteroatoms. The van der Waals surface area contributed by atoms with Crippen LogP contribution < -0.4 is 0 Å². The van der Waals surface area contributed by atoms with Crippen LogP contribution in [0.1, 0.15) is 39.0 Å². The minimum Gasteiger partial charge on any atom is -0.346 e. The van der Waals surface area contributed by atoms with E-state index in [9.17, 15) is 9.59 Å². The van der Waals surface area contributed by atoms with Crippen molar-refractivity contribution in [3.63, 3.8) is 0 Å². The van der Waals surface area contributed by atoms with E-state index in [-0.39, 0.29) is 11.8 Å². The van der Waals surface area contributed by atoms with Gasteiger partial charge in [-0.3, -0.25) is 14.5 Å². The van der Waals surface area contributed by atoms with Gasteiger partial charge in [-0.1, -0.05) is 0 Å². The highest BCUT2D eigenvalue weighted by atomic mass is 16.2. The number of rotatable bonds is 7. The number of carbonyl (C=O) groups excluding carboxylic acids is 2. The third-order valence-electron chi connectivity index (χ3n) is 5.75. The number of piperazine rings is 1. The van der Waals surface area contributed by atoms with Crippen molar-refractivity contribution in [1.82, 2.24) is 19.6 Å². The summed E-state index contributed by atoms with van der Waals surface area (Å²) in [5.74, 6) is 1.20. The number of hydrogen-bond donors (Lipinski definition) is 0. The molecular formula is C19H36N4O2. The zero-order chi connectivity index (χ0) is 18.2. The SMILES string of the molecule is CC(=O)N(C)CCCCC(=O)N1CCN(CC2CCN(C)CC2)CC1. The van der Waals surface area contributed by atoms with Gasteiger partial charge in [0.05, 0.1) is 0 Å². The third-order valence-corrected chi connectivity index (χ3v) is 5.75. The molecule has 0 unspecified atom stereocenters. The number of unbranched alkanes of at least 4 members (excludes halogenated alkanes) is 1. The zero-order valence-electron chi connectivity index (χ0n) is 16.4. The average Bonchev–Trinajstić information content (AvgIpc) is 2.61. The van der Waals surface area contributed by atoms with Crippen LogP contribution in [0.4, 0.5) is 0 Å². The molecule has 0 aliphatic carbocycles. The first kappa shape index (κ1) is 20.2. The van der Waals surface area contributed by atoms with Crippen molar-refractivity contribution in [2.75, 3.05) is 66.5 Å². The third kappa shape index (κ3) is 6.94. The van der Waals surface area contributed by atoms with E-state index in [1.165, 1.54) is 32.5 Å². The van der Waals surface area contributed by atoms with Crippen LogP contribution in [0.25, 0.3) is 0 Å². The lowest BCUT2D eigenvalue weighted by Gasteiger charge is -2.38. The Bertz CT molecular complexity index is 427. The van der Waals surface area contributed by atoms with Crippen LogP contribution in [-0.2, 0) is 9.59 Å². The van der Waals surface area contributed by atoms with Gasteiger partial charge in [-0.25, -0.2) is 0 Å². The molecule has 2 amide bonds. The maximum atomic E-state index is 12.3. The molecule has 0 saturated carbocycles. The van der Waals surface area contributed by atoms with Crippen LogP contribution in [0.15, 0.2) is 0 Å². The van der Waals surface area contributed by atoms with Crippen molar-refractivity contribution in [3.05, 3.63) is 0 Å². The Kier molecular flexibility index (Phi) is 8.16. The van der Waals surface area contributed by atoms with Gasteiger partial charge in [-0.05, 0) is 51.7 Å². The van der Waals surface area contributed by atoms with Crippen molar-refractivity contribution in [1.29, 1.82) is 0 Å². The van der Waals surface area contributed by atoms with Crippen molar-refractivity contribution < 1.29 is 9.59 Å². The maximum Gasteiger partial charge on any atom is 0.222 e. The quantitative estimate of drug-likeness (QED) is 0.644. The summed E-state index contributed by atoms with van der Waals surface area (Å²) in [5, 5.41) is 0. The molecule has 0 bridgehead atoms. The molecule has 2 rings (SSSR count). The second-order valence-electron chi connectivity index (χ2n) is 7.83. The Morgan fingerprint density at radius 3 is 2.24 bits per heavy atom. The lowest BCUT2D eigenvalue weighted by Crippen LogP contribution is -2.50. The van der Waals surface area contributed by atoms with Gasteiger partial charge >= 0.3 is 0 Å². The van der Waals surface area contributed by atoms with E-state index >= 15 is 0 Å². The van der Waals surface area contributed by atoms with Crippen LogP contribution in [0.2, 0.25) is 0 Å². The smallest absolute Gasteiger partial charge is 0.222 e. The Labute approximate surface area is 153 Å². The molecule has 2 aliphatic heterocycles. The van der Waals surface area contributed by atoms with Crippen LogP contribution in [0.5, 0.6) is 0 Å².